The zero-order valence-corrected chi connectivity index (χ0v) is 19.4. The van der Waals surface area contributed by atoms with Crippen molar-refractivity contribution >= 4 is 34.4 Å². The van der Waals surface area contributed by atoms with Gasteiger partial charge in [0, 0.05) is 23.2 Å². The first-order valence-corrected chi connectivity index (χ1v) is 11.6. The highest BCUT2D eigenvalue weighted by Crippen LogP contribution is 2.35. The van der Waals surface area contributed by atoms with Crippen molar-refractivity contribution in [1.82, 2.24) is 15.3 Å². The van der Waals surface area contributed by atoms with Crippen LogP contribution < -0.4 is 10.7 Å². The molecule has 0 amide bonds. The molecule has 5 rings (SSSR count). The fraction of sp³-hybridized carbons (Fsp3) is 0.0345. The lowest BCUT2D eigenvalue weighted by atomic mass is 10.1. The molecule has 0 aliphatic carbocycles. The van der Waals surface area contributed by atoms with E-state index in [0.717, 1.165) is 39.0 Å². The molecule has 0 saturated heterocycles. The summed E-state index contributed by atoms with van der Waals surface area (Å²) in [5.41, 5.74) is 9.60. The monoisotopic (exact) mass is 460 g/mol. The molecular weight excluding hydrogens is 436 g/mol. The number of benzene rings is 4. The molecule has 1 aromatic heterocycles. The first kappa shape index (κ1) is 21.6. The second-order valence-electron chi connectivity index (χ2n) is 7.85. The molecule has 166 valence electrons. The summed E-state index contributed by atoms with van der Waals surface area (Å²) in [7, 11) is 0. The maximum atomic E-state index is 5.43. The van der Waals surface area contributed by atoms with Gasteiger partial charge in [0.1, 0.15) is 0 Å². The number of fused-ring (bicyclic) bond motifs is 1. The van der Waals surface area contributed by atoms with E-state index in [2.05, 4.69) is 105 Å². The van der Waals surface area contributed by atoms with Gasteiger partial charge in [-0.1, -0.05) is 97.1 Å². The predicted octanol–water partition coefficient (Wildman–Crippen LogP) is 6.30. The number of nitrogens with zero attached hydrogens (tertiary/aromatic N) is 2. The minimum Gasteiger partial charge on any atom is -0.357 e. The molecule has 2 N–H and O–H groups in total. The molecule has 34 heavy (non-hydrogen) atoms. The van der Waals surface area contributed by atoms with Gasteiger partial charge < -0.3 is 9.88 Å². The summed E-state index contributed by atoms with van der Waals surface area (Å²) >= 11 is 5.43. The van der Waals surface area contributed by atoms with Crippen molar-refractivity contribution in [2.24, 2.45) is 5.10 Å². The average Bonchev–Trinajstić information content (AvgIpc) is 3.23. The van der Waals surface area contributed by atoms with E-state index in [4.69, 9.17) is 12.2 Å². The van der Waals surface area contributed by atoms with Gasteiger partial charge in [-0.25, -0.2) is 0 Å². The van der Waals surface area contributed by atoms with Gasteiger partial charge in [-0.05, 0) is 41.5 Å². The quantitative estimate of drug-likeness (QED) is 0.178. The largest absolute Gasteiger partial charge is 0.357 e. The Hall–Kier alpha value is -4.22. The maximum absolute atomic E-state index is 5.43. The van der Waals surface area contributed by atoms with E-state index in [9.17, 15) is 0 Å². The highest BCUT2D eigenvalue weighted by Gasteiger charge is 2.18. The van der Waals surface area contributed by atoms with E-state index >= 15 is 0 Å². The average molecular weight is 461 g/mol. The third kappa shape index (κ3) is 4.60. The van der Waals surface area contributed by atoms with E-state index in [1.165, 1.54) is 0 Å². The van der Waals surface area contributed by atoms with Crippen LogP contribution in [0, 0.1) is 0 Å². The van der Waals surface area contributed by atoms with Crippen LogP contribution in [0.3, 0.4) is 0 Å². The Morgan fingerprint density at radius 2 is 1.38 bits per heavy atom. The minimum atomic E-state index is 0.480. The summed E-state index contributed by atoms with van der Waals surface area (Å²) in [6.07, 6.45) is 1.86. The van der Waals surface area contributed by atoms with Crippen molar-refractivity contribution in [1.29, 1.82) is 0 Å². The number of hydrogen-bond acceptors (Lipinski definition) is 2. The molecule has 4 aromatic carbocycles. The second kappa shape index (κ2) is 10.1. The molecule has 1 heterocycles. The van der Waals surface area contributed by atoms with Crippen LogP contribution in [0.25, 0.3) is 27.8 Å². The summed E-state index contributed by atoms with van der Waals surface area (Å²) in [4.78, 5) is 0. The Labute approximate surface area is 204 Å². The van der Waals surface area contributed by atoms with Crippen molar-refractivity contribution in [3.8, 4) is 16.9 Å². The normalized spacial score (nSPS) is 11.1. The lowest BCUT2D eigenvalue weighted by Crippen LogP contribution is -2.31. The van der Waals surface area contributed by atoms with Gasteiger partial charge in [-0.15, -0.1) is 0 Å². The van der Waals surface area contributed by atoms with Crippen LogP contribution in [-0.4, -0.2) is 15.9 Å². The van der Waals surface area contributed by atoms with E-state index in [1.807, 2.05) is 36.5 Å². The molecule has 0 bridgehead atoms. The SMILES string of the molecule is S=C(NCc1ccccc1)N/N=C/c1c(-c2ccccc2)n(-c2ccccc2)c2ccccc12. The number of thiocarbonyl (C=S) groups is 1. The molecule has 0 saturated carbocycles. The number of hydrogen-bond donors (Lipinski definition) is 2. The number of nitrogens with one attached hydrogen (secondary N) is 2. The fourth-order valence-electron chi connectivity index (χ4n) is 4.09. The molecule has 0 aliphatic rings. The molecule has 0 atom stereocenters. The number of rotatable bonds is 6. The highest BCUT2D eigenvalue weighted by molar-refractivity contribution is 7.80. The molecule has 4 nitrogen and oxygen atoms in total. The van der Waals surface area contributed by atoms with Crippen molar-refractivity contribution in [2.75, 3.05) is 0 Å². The van der Waals surface area contributed by atoms with Crippen LogP contribution in [0.4, 0.5) is 0 Å². The van der Waals surface area contributed by atoms with Crippen LogP contribution in [0.15, 0.2) is 120 Å². The van der Waals surface area contributed by atoms with Crippen molar-refractivity contribution < 1.29 is 0 Å². The van der Waals surface area contributed by atoms with Crippen molar-refractivity contribution in [2.45, 2.75) is 6.54 Å². The van der Waals surface area contributed by atoms with Gasteiger partial charge in [0.25, 0.3) is 0 Å². The number of para-hydroxylation sites is 2. The minimum absolute atomic E-state index is 0.480. The lowest BCUT2D eigenvalue weighted by Gasteiger charge is -2.12. The lowest BCUT2D eigenvalue weighted by molar-refractivity contribution is 0.869. The third-order valence-corrected chi connectivity index (χ3v) is 5.87. The van der Waals surface area contributed by atoms with E-state index in [1.54, 1.807) is 0 Å². The van der Waals surface area contributed by atoms with E-state index in [-0.39, 0.29) is 0 Å². The Morgan fingerprint density at radius 3 is 2.12 bits per heavy atom. The van der Waals surface area contributed by atoms with Crippen LogP contribution in [0.5, 0.6) is 0 Å². The maximum Gasteiger partial charge on any atom is 0.187 e. The number of aromatic nitrogens is 1. The van der Waals surface area contributed by atoms with Gasteiger partial charge in [0.15, 0.2) is 5.11 Å². The van der Waals surface area contributed by atoms with E-state index < -0.39 is 0 Å². The standard InChI is InChI=1S/C29H24N4S/c34-29(30-20-22-12-4-1-5-13-22)32-31-21-26-25-18-10-11-19-27(25)33(24-16-8-3-9-17-24)28(26)23-14-6-2-7-15-23/h1-19,21H,20H2,(H2,30,32,34)/b31-21+. The predicted molar refractivity (Wildman–Crippen MR) is 145 cm³/mol. The van der Waals surface area contributed by atoms with Crippen molar-refractivity contribution in [3.63, 3.8) is 0 Å². The molecule has 0 unspecified atom stereocenters. The summed E-state index contributed by atoms with van der Waals surface area (Å²) in [5.74, 6) is 0. The van der Waals surface area contributed by atoms with Gasteiger partial charge >= 0.3 is 0 Å². The molecule has 0 spiro atoms. The van der Waals surface area contributed by atoms with Gasteiger partial charge in [-0.2, -0.15) is 5.10 Å². The molecule has 5 heteroatoms. The van der Waals surface area contributed by atoms with Gasteiger partial charge in [0.05, 0.1) is 17.4 Å². The summed E-state index contributed by atoms with van der Waals surface area (Å²) in [5, 5.41) is 9.31. The van der Waals surface area contributed by atoms with E-state index in [0.29, 0.717) is 11.7 Å². The Balaban J connectivity index is 1.51. The van der Waals surface area contributed by atoms with Crippen molar-refractivity contribution in [3.05, 3.63) is 126 Å². The summed E-state index contributed by atoms with van der Waals surface area (Å²) in [6, 6.07) is 39.4. The molecule has 0 radical (unpaired) electrons. The Morgan fingerprint density at radius 1 is 0.765 bits per heavy atom. The number of hydrazone groups is 1. The molecule has 0 aliphatic heterocycles. The first-order chi connectivity index (χ1) is 16.8. The zero-order chi connectivity index (χ0) is 23.2. The van der Waals surface area contributed by atoms with Gasteiger partial charge in [-0.3, -0.25) is 5.43 Å². The van der Waals surface area contributed by atoms with Crippen LogP contribution >= 0.6 is 12.2 Å². The third-order valence-electron chi connectivity index (χ3n) is 5.63. The Bertz CT molecular complexity index is 1430. The zero-order valence-electron chi connectivity index (χ0n) is 18.6. The first-order valence-electron chi connectivity index (χ1n) is 11.2. The summed E-state index contributed by atoms with van der Waals surface area (Å²) in [6.45, 7) is 0.644. The van der Waals surface area contributed by atoms with Crippen LogP contribution in [-0.2, 0) is 6.54 Å². The Kier molecular flexibility index (Phi) is 6.45. The highest BCUT2D eigenvalue weighted by atomic mass is 32.1. The molecule has 5 aromatic rings. The molecule has 0 fully saturated rings. The second-order valence-corrected chi connectivity index (χ2v) is 8.26. The van der Waals surface area contributed by atoms with Crippen LogP contribution in [0.2, 0.25) is 0 Å². The van der Waals surface area contributed by atoms with Gasteiger partial charge in [0.2, 0.25) is 0 Å². The fourth-order valence-corrected chi connectivity index (χ4v) is 4.22. The topological polar surface area (TPSA) is 41.4 Å². The smallest absolute Gasteiger partial charge is 0.187 e. The summed E-state index contributed by atoms with van der Waals surface area (Å²) < 4.78 is 2.29. The molecular formula is C29H24N4S. The van der Waals surface area contributed by atoms with Crippen LogP contribution in [0.1, 0.15) is 11.1 Å².